The summed E-state index contributed by atoms with van der Waals surface area (Å²) in [6, 6.07) is 5.68. The first-order valence-electron chi connectivity index (χ1n) is 5.60. The largest absolute Gasteiger partial charge is 0.371 e. The molecule has 0 aliphatic carbocycles. The molecule has 1 aromatic carbocycles. The average Bonchev–Trinajstić information content (AvgIpc) is 2.18. The van der Waals surface area contributed by atoms with Crippen LogP contribution >= 0.6 is 0 Å². The van der Waals surface area contributed by atoms with Crippen molar-refractivity contribution in [2.45, 2.75) is 33.2 Å². The fourth-order valence-electron chi connectivity index (χ4n) is 1.60. The van der Waals surface area contributed by atoms with Crippen molar-refractivity contribution < 1.29 is 9.18 Å². The molecule has 1 unspecified atom stereocenters. The van der Waals surface area contributed by atoms with Crippen LogP contribution in [0.25, 0.3) is 0 Å². The molecule has 0 fully saturated rings. The number of primary amides is 1. The molecule has 17 heavy (non-hydrogen) atoms. The van der Waals surface area contributed by atoms with Crippen LogP contribution in [0.5, 0.6) is 0 Å². The number of halogens is 1. The predicted octanol–water partition coefficient (Wildman–Crippen LogP) is 2.53. The Morgan fingerprint density at radius 3 is 2.47 bits per heavy atom. The Bertz CT molecular complexity index is 399. The highest BCUT2D eigenvalue weighted by molar-refractivity contribution is 5.83. The standard InChI is InChI=1S/C13H19FN2O/c1-13(2,3)8-11(12(15)17)16-10-7-5-4-6-9(10)14/h4-7,11,16H,8H2,1-3H3,(H2,15,17). The Kier molecular flexibility index (Phi) is 4.10. The molecule has 4 heteroatoms. The van der Waals surface area contributed by atoms with Gasteiger partial charge in [0, 0.05) is 0 Å². The molecular formula is C13H19FN2O. The van der Waals surface area contributed by atoms with Gasteiger partial charge in [-0.15, -0.1) is 0 Å². The summed E-state index contributed by atoms with van der Waals surface area (Å²) < 4.78 is 13.4. The summed E-state index contributed by atoms with van der Waals surface area (Å²) in [5.74, 6) is -0.851. The maximum absolute atomic E-state index is 13.4. The number of benzene rings is 1. The van der Waals surface area contributed by atoms with E-state index in [-0.39, 0.29) is 11.2 Å². The maximum atomic E-state index is 13.4. The third-order valence-corrected chi connectivity index (χ3v) is 2.36. The van der Waals surface area contributed by atoms with Crippen LogP contribution in [0.2, 0.25) is 0 Å². The molecule has 1 atom stereocenters. The fraction of sp³-hybridized carbons (Fsp3) is 0.462. The van der Waals surface area contributed by atoms with Crippen molar-refractivity contribution in [1.82, 2.24) is 0 Å². The molecule has 0 bridgehead atoms. The van der Waals surface area contributed by atoms with Crippen LogP contribution in [0.3, 0.4) is 0 Å². The number of hydrogen-bond donors (Lipinski definition) is 2. The molecule has 0 aliphatic heterocycles. The second-order valence-corrected chi connectivity index (χ2v) is 5.34. The van der Waals surface area contributed by atoms with E-state index in [1.807, 2.05) is 20.8 Å². The molecule has 1 amide bonds. The van der Waals surface area contributed by atoms with E-state index in [1.54, 1.807) is 18.2 Å². The van der Waals surface area contributed by atoms with Gasteiger partial charge in [0.2, 0.25) is 5.91 Å². The number of carbonyl (C=O) groups is 1. The van der Waals surface area contributed by atoms with E-state index in [1.165, 1.54) is 6.07 Å². The Morgan fingerprint density at radius 2 is 2.00 bits per heavy atom. The Balaban J connectivity index is 2.81. The molecule has 0 saturated heterocycles. The van der Waals surface area contributed by atoms with Crippen LogP contribution in [-0.2, 0) is 4.79 Å². The van der Waals surface area contributed by atoms with E-state index < -0.39 is 11.9 Å². The van der Waals surface area contributed by atoms with Crippen LogP contribution in [0, 0.1) is 11.2 Å². The van der Waals surface area contributed by atoms with Crippen molar-refractivity contribution in [2.24, 2.45) is 11.1 Å². The normalized spacial score (nSPS) is 13.2. The molecule has 3 nitrogen and oxygen atoms in total. The molecule has 0 saturated carbocycles. The number of para-hydroxylation sites is 1. The van der Waals surface area contributed by atoms with Crippen molar-refractivity contribution >= 4 is 11.6 Å². The first-order chi connectivity index (χ1) is 7.79. The topological polar surface area (TPSA) is 55.1 Å². The molecule has 0 aliphatic rings. The number of amides is 1. The number of anilines is 1. The molecule has 1 aromatic rings. The van der Waals surface area contributed by atoms with Gasteiger partial charge in [-0.3, -0.25) is 4.79 Å². The lowest BCUT2D eigenvalue weighted by Crippen LogP contribution is -2.38. The zero-order valence-electron chi connectivity index (χ0n) is 10.5. The first kappa shape index (κ1) is 13.5. The highest BCUT2D eigenvalue weighted by atomic mass is 19.1. The van der Waals surface area contributed by atoms with E-state index in [0.29, 0.717) is 12.1 Å². The molecule has 94 valence electrons. The minimum Gasteiger partial charge on any atom is -0.371 e. The van der Waals surface area contributed by atoms with Gasteiger partial charge in [0.1, 0.15) is 11.9 Å². The van der Waals surface area contributed by atoms with Gasteiger partial charge in [-0.1, -0.05) is 32.9 Å². The molecule has 3 N–H and O–H groups in total. The lowest BCUT2D eigenvalue weighted by atomic mass is 9.87. The number of hydrogen-bond acceptors (Lipinski definition) is 2. The van der Waals surface area contributed by atoms with Gasteiger partial charge in [-0.05, 0) is 24.0 Å². The lowest BCUT2D eigenvalue weighted by Gasteiger charge is -2.25. The Labute approximate surface area is 101 Å². The van der Waals surface area contributed by atoms with Crippen LogP contribution in [0.4, 0.5) is 10.1 Å². The summed E-state index contributed by atoms with van der Waals surface area (Å²) in [5, 5.41) is 2.85. The van der Waals surface area contributed by atoms with E-state index in [0.717, 1.165) is 0 Å². The van der Waals surface area contributed by atoms with Crippen molar-refractivity contribution in [3.8, 4) is 0 Å². The minimum absolute atomic E-state index is 0.0576. The molecule has 1 rings (SSSR count). The van der Waals surface area contributed by atoms with Crippen molar-refractivity contribution in [3.05, 3.63) is 30.1 Å². The molecule has 0 heterocycles. The van der Waals surface area contributed by atoms with E-state index in [4.69, 9.17) is 5.73 Å². The zero-order chi connectivity index (χ0) is 13.1. The van der Waals surface area contributed by atoms with Gasteiger partial charge in [0.25, 0.3) is 0 Å². The SMILES string of the molecule is CC(C)(C)CC(Nc1ccccc1F)C(N)=O. The molecule has 0 aromatic heterocycles. The fourth-order valence-corrected chi connectivity index (χ4v) is 1.60. The van der Waals surface area contributed by atoms with Gasteiger partial charge >= 0.3 is 0 Å². The van der Waals surface area contributed by atoms with E-state index in [9.17, 15) is 9.18 Å². The lowest BCUT2D eigenvalue weighted by molar-refractivity contribution is -0.119. The van der Waals surface area contributed by atoms with Gasteiger partial charge in [-0.25, -0.2) is 4.39 Å². The van der Waals surface area contributed by atoms with Crippen LogP contribution < -0.4 is 11.1 Å². The summed E-state index contributed by atoms with van der Waals surface area (Å²) in [4.78, 5) is 11.3. The van der Waals surface area contributed by atoms with Gasteiger partial charge in [-0.2, -0.15) is 0 Å². The second-order valence-electron chi connectivity index (χ2n) is 5.34. The summed E-state index contributed by atoms with van der Waals surface area (Å²) >= 11 is 0. The van der Waals surface area contributed by atoms with Crippen molar-refractivity contribution in [1.29, 1.82) is 0 Å². The van der Waals surface area contributed by atoms with Crippen LogP contribution in [0.1, 0.15) is 27.2 Å². The van der Waals surface area contributed by atoms with Crippen LogP contribution in [-0.4, -0.2) is 11.9 Å². The summed E-state index contributed by atoms with van der Waals surface area (Å²) in [7, 11) is 0. The quantitative estimate of drug-likeness (QED) is 0.846. The summed E-state index contributed by atoms with van der Waals surface area (Å²) in [6.07, 6.45) is 0.552. The predicted molar refractivity (Wildman–Crippen MR) is 67.1 cm³/mol. The van der Waals surface area contributed by atoms with E-state index in [2.05, 4.69) is 5.32 Å². The summed E-state index contributed by atoms with van der Waals surface area (Å²) in [5.41, 5.74) is 5.57. The second kappa shape index (κ2) is 5.17. The first-order valence-corrected chi connectivity index (χ1v) is 5.60. The number of nitrogens with one attached hydrogen (secondary N) is 1. The monoisotopic (exact) mass is 238 g/mol. The third kappa shape index (κ3) is 4.43. The number of carbonyl (C=O) groups excluding carboxylic acids is 1. The smallest absolute Gasteiger partial charge is 0.239 e. The van der Waals surface area contributed by atoms with E-state index >= 15 is 0 Å². The minimum atomic E-state index is -0.563. The van der Waals surface area contributed by atoms with Crippen LogP contribution in [0.15, 0.2) is 24.3 Å². The van der Waals surface area contributed by atoms with Crippen molar-refractivity contribution in [2.75, 3.05) is 5.32 Å². The molecular weight excluding hydrogens is 219 g/mol. The number of rotatable bonds is 4. The highest BCUT2D eigenvalue weighted by Gasteiger charge is 2.23. The third-order valence-electron chi connectivity index (χ3n) is 2.36. The molecule has 0 spiro atoms. The average molecular weight is 238 g/mol. The Hall–Kier alpha value is -1.58. The maximum Gasteiger partial charge on any atom is 0.239 e. The highest BCUT2D eigenvalue weighted by Crippen LogP contribution is 2.23. The summed E-state index contributed by atoms with van der Waals surface area (Å²) in [6.45, 7) is 6.02. The Morgan fingerprint density at radius 1 is 1.41 bits per heavy atom. The van der Waals surface area contributed by atoms with Gasteiger partial charge < -0.3 is 11.1 Å². The van der Waals surface area contributed by atoms with Gasteiger partial charge in [0.05, 0.1) is 5.69 Å². The zero-order valence-corrected chi connectivity index (χ0v) is 10.5. The van der Waals surface area contributed by atoms with Crippen molar-refractivity contribution in [3.63, 3.8) is 0 Å². The number of nitrogens with two attached hydrogens (primary N) is 1. The molecule has 0 radical (unpaired) electrons. The van der Waals surface area contributed by atoms with Gasteiger partial charge in [0.15, 0.2) is 0 Å².